The third-order valence-corrected chi connectivity index (χ3v) is 6.48. The molecule has 0 aromatic heterocycles. The standard InChI is InChI=1S/C28H31FN2O4/c1-33-22-9-10-23-20(16-22)12-13-31(18-28(32)30-17-21-6-4-5-7-24(21)29)25(23)14-19-8-11-26(34-2)27(15-19)35-3/h4-11,15-16,25H,12-14,17-18H2,1-3H3,(H,30,32). The molecule has 4 rings (SSSR count). The average molecular weight is 479 g/mol. The lowest BCUT2D eigenvalue weighted by Crippen LogP contribution is -2.43. The number of halogens is 1. The van der Waals surface area contributed by atoms with Crippen molar-refractivity contribution in [3.05, 3.63) is 88.7 Å². The fourth-order valence-electron chi connectivity index (χ4n) is 4.60. The SMILES string of the molecule is COc1ccc2c(c1)CCN(CC(=O)NCc1ccccc1F)C2Cc1ccc(OC)c(OC)c1. The van der Waals surface area contributed by atoms with Crippen LogP contribution < -0.4 is 19.5 Å². The lowest BCUT2D eigenvalue weighted by molar-refractivity contribution is -0.123. The molecule has 0 fully saturated rings. The molecule has 0 aliphatic carbocycles. The Bertz CT molecular complexity index is 1180. The number of carbonyl (C=O) groups excluding carboxylic acids is 1. The van der Waals surface area contributed by atoms with Gasteiger partial charge >= 0.3 is 0 Å². The number of hydrogen-bond donors (Lipinski definition) is 1. The van der Waals surface area contributed by atoms with E-state index in [9.17, 15) is 9.18 Å². The lowest BCUT2D eigenvalue weighted by Gasteiger charge is -2.37. The third-order valence-electron chi connectivity index (χ3n) is 6.48. The summed E-state index contributed by atoms with van der Waals surface area (Å²) in [5, 5.41) is 2.87. The Morgan fingerprint density at radius 2 is 1.80 bits per heavy atom. The summed E-state index contributed by atoms with van der Waals surface area (Å²) in [5.74, 6) is 1.71. The maximum atomic E-state index is 14.0. The normalized spacial score (nSPS) is 15.3. The van der Waals surface area contributed by atoms with Crippen molar-refractivity contribution in [2.75, 3.05) is 34.4 Å². The molecule has 1 unspecified atom stereocenters. The van der Waals surface area contributed by atoms with E-state index in [0.717, 1.165) is 24.3 Å². The van der Waals surface area contributed by atoms with Crippen molar-refractivity contribution in [3.8, 4) is 17.2 Å². The van der Waals surface area contributed by atoms with Gasteiger partial charge in [0.1, 0.15) is 11.6 Å². The van der Waals surface area contributed by atoms with Gasteiger partial charge in [0, 0.05) is 24.7 Å². The van der Waals surface area contributed by atoms with E-state index in [4.69, 9.17) is 14.2 Å². The second-order valence-electron chi connectivity index (χ2n) is 8.56. The first-order chi connectivity index (χ1) is 17.0. The molecule has 1 N–H and O–H groups in total. The van der Waals surface area contributed by atoms with Gasteiger partial charge in [-0.3, -0.25) is 9.69 Å². The molecule has 0 bridgehead atoms. The molecular weight excluding hydrogens is 447 g/mol. The van der Waals surface area contributed by atoms with Gasteiger partial charge in [0.15, 0.2) is 11.5 Å². The molecule has 0 spiro atoms. The quantitative estimate of drug-likeness (QED) is 0.497. The number of rotatable bonds is 9. The van der Waals surface area contributed by atoms with Crippen LogP contribution in [0.2, 0.25) is 0 Å². The van der Waals surface area contributed by atoms with Crippen LogP contribution in [0.15, 0.2) is 60.7 Å². The Labute approximate surface area is 205 Å². The number of ether oxygens (including phenoxy) is 3. The number of benzene rings is 3. The molecule has 1 aliphatic rings. The second kappa shape index (κ2) is 11.2. The molecule has 6 nitrogen and oxygen atoms in total. The molecule has 1 aliphatic heterocycles. The number of carbonyl (C=O) groups is 1. The maximum Gasteiger partial charge on any atom is 0.234 e. The van der Waals surface area contributed by atoms with Crippen molar-refractivity contribution in [3.63, 3.8) is 0 Å². The van der Waals surface area contributed by atoms with E-state index in [-0.39, 0.29) is 30.9 Å². The van der Waals surface area contributed by atoms with Crippen LogP contribution in [0.25, 0.3) is 0 Å². The van der Waals surface area contributed by atoms with E-state index in [0.29, 0.717) is 23.5 Å². The molecule has 35 heavy (non-hydrogen) atoms. The Balaban J connectivity index is 1.55. The van der Waals surface area contributed by atoms with Crippen LogP contribution in [0.3, 0.4) is 0 Å². The van der Waals surface area contributed by atoms with Crippen LogP contribution in [0.1, 0.15) is 28.3 Å². The first-order valence-corrected chi connectivity index (χ1v) is 11.6. The molecule has 3 aromatic rings. The summed E-state index contributed by atoms with van der Waals surface area (Å²) in [7, 11) is 4.90. The molecule has 0 radical (unpaired) electrons. The van der Waals surface area contributed by atoms with E-state index < -0.39 is 0 Å². The molecule has 184 valence electrons. The van der Waals surface area contributed by atoms with Crippen molar-refractivity contribution in [2.24, 2.45) is 0 Å². The van der Waals surface area contributed by atoms with Gasteiger partial charge in [0.2, 0.25) is 5.91 Å². The number of nitrogens with one attached hydrogen (secondary N) is 1. The molecule has 3 aromatic carbocycles. The zero-order valence-electron chi connectivity index (χ0n) is 20.3. The van der Waals surface area contributed by atoms with E-state index in [1.54, 1.807) is 39.5 Å². The summed E-state index contributed by atoms with van der Waals surface area (Å²) >= 11 is 0. The summed E-state index contributed by atoms with van der Waals surface area (Å²) in [6, 6.07) is 18.5. The van der Waals surface area contributed by atoms with Gasteiger partial charge in [0.05, 0.1) is 27.9 Å². The Hall–Kier alpha value is -3.58. The van der Waals surface area contributed by atoms with E-state index in [2.05, 4.69) is 22.3 Å². The smallest absolute Gasteiger partial charge is 0.234 e. The predicted octanol–water partition coefficient (Wildman–Crippen LogP) is 4.31. The van der Waals surface area contributed by atoms with Crippen LogP contribution >= 0.6 is 0 Å². The number of methoxy groups -OCH3 is 3. The van der Waals surface area contributed by atoms with Crippen molar-refractivity contribution in [1.29, 1.82) is 0 Å². The average Bonchev–Trinajstić information content (AvgIpc) is 2.89. The minimum atomic E-state index is -0.319. The Morgan fingerprint density at radius 3 is 2.54 bits per heavy atom. The van der Waals surface area contributed by atoms with Gasteiger partial charge in [-0.2, -0.15) is 0 Å². The zero-order chi connectivity index (χ0) is 24.8. The largest absolute Gasteiger partial charge is 0.497 e. The van der Waals surface area contributed by atoms with Crippen molar-refractivity contribution < 1.29 is 23.4 Å². The van der Waals surface area contributed by atoms with Crippen molar-refractivity contribution >= 4 is 5.91 Å². The molecule has 0 saturated carbocycles. The van der Waals surface area contributed by atoms with Gasteiger partial charge in [0.25, 0.3) is 0 Å². The topological polar surface area (TPSA) is 60.0 Å². The van der Waals surface area contributed by atoms with Gasteiger partial charge in [-0.15, -0.1) is 0 Å². The monoisotopic (exact) mass is 478 g/mol. The highest BCUT2D eigenvalue weighted by Crippen LogP contribution is 2.36. The summed E-state index contributed by atoms with van der Waals surface area (Å²) in [6.45, 7) is 1.11. The van der Waals surface area contributed by atoms with Gasteiger partial charge < -0.3 is 19.5 Å². The first kappa shape index (κ1) is 24.5. The van der Waals surface area contributed by atoms with Crippen molar-refractivity contribution in [2.45, 2.75) is 25.4 Å². The third kappa shape index (κ3) is 5.74. The minimum Gasteiger partial charge on any atom is -0.497 e. The zero-order valence-corrected chi connectivity index (χ0v) is 20.3. The fourth-order valence-corrected chi connectivity index (χ4v) is 4.60. The Kier molecular flexibility index (Phi) is 7.87. The highest BCUT2D eigenvalue weighted by molar-refractivity contribution is 5.78. The summed E-state index contributed by atoms with van der Waals surface area (Å²) in [4.78, 5) is 15.0. The van der Waals surface area contributed by atoms with Gasteiger partial charge in [-0.1, -0.05) is 30.3 Å². The van der Waals surface area contributed by atoms with Crippen LogP contribution in [-0.4, -0.2) is 45.2 Å². The number of amides is 1. The predicted molar refractivity (Wildman–Crippen MR) is 133 cm³/mol. The summed E-state index contributed by atoms with van der Waals surface area (Å²) in [6.07, 6.45) is 1.51. The number of fused-ring (bicyclic) bond motifs is 1. The van der Waals surface area contributed by atoms with E-state index >= 15 is 0 Å². The molecule has 1 amide bonds. The highest BCUT2D eigenvalue weighted by Gasteiger charge is 2.29. The van der Waals surface area contributed by atoms with Crippen molar-refractivity contribution in [1.82, 2.24) is 10.2 Å². The van der Waals surface area contributed by atoms with Crippen LogP contribution in [-0.2, 0) is 24.2 Å². The molecule has 0 saturated heterocycles. The first-order valence-electron chi connectivity index (χ1n) is 11.6. The molecule has 1 heterocycles. The van der Waals surface area contributed by atoms with Crippen LogP contribution in [0.5, 0.6) is 17.2 Å². The summed E-state index contributed by atoms with van der Waals surface area (Å²) in [5.41, 5.74) is 3.94. The maximum absolute atomic E-state index is 14.0. The van der Waals surface area contributed by atoms with Gasteiger partial charge in [-0.05, 0) is 59.9 Å². The summed E-state index contributed by atoms with van der Waals surface area (Å²) < 4.78 is 30.3. The second-order valence-corrected chi connectivity index (χ2v) is 8.56. The molecule has 1 atom stereocenters. The van der Waals surface area contributed by atoms with Crippen LogP contribution in [0, 0.1) is 5.82 Å². The molecular formula is C28H31FN2O4. The highest BCUT2D eigenvalue weighted by atomic mass is 19.1. The van der Waals surface area contributed by atoms with E-state index in [1.165, 1.54) is 17.2 Å². The van der Waals surface area contributed by atoms with E-state index in [1.807, 2.05) is 24.3 Å². The fraction of sp³-hybridized carbons (Fsp3) is 0.321. The number of hydrogen-bond acceptors (Lipinski definition) is 5. The number of nitrogens with zero attached hydrogens (tertiary/aromatic N) is 1. The molecule has 7 heteroatoms. The van der Waals surface area contributed by atoms with Crippen LogP contribution in [0.4, 0.5) is 4.39 Å². The Morgan fingerprint density at radius 1 is 1.00 bits per heavy atom. The van der Waals surface area contributed by atoms with Gasteiger partial charge in [-0.25, -0.2) is 4.39 Å². The minimum absolute atomic E-state index is 0.0121. The lowest BCUT2D eigenvalue weighted by atomic mass is 9.88.